The SMILES string of the molecule is Cn1cc(C(C)(C)C)c(=O)c2ccccc21. The molecule has 1 aromatic carbocycles. The summed E-state index contributed by atoms with van der Waals surface area (Å²) in [4.78, 5) is 12.3. The Kier molecular flexibility index (Phi) is 2.38. The van der Waals surface area contributed by atoms with Gasteiger partial charge in [0.05, 0.1) is 5.52 Å². The first-order valence-corrected chi connectivity index (χ1v) is 5.50. The van der Waals surface area contributed by atoms with E-state index in [1.165, 1.54) is 0 Å². The molecule has 0 aliphatic heterocycles. The van der Waals surface area contributed by atoms with Crippen LogP contribution in [0.15, 0.2) is 35.3 Å². The minimum atomic E-state index is -0.112. The Labute approximate surface area is 95.5 Å². The van der Waals surface area contributed by atoms with Crippen molar-refractivity contribution < 1.29 is 0 Å². The maximum absolute atomic E-state index is 12.3. The molecule has 16 heavy (non-hydrogen) atoms. The van der Waals surface area contributed by atoms with Gasteiger partial charge in [-0.3, -0.25) is 4.79 Å². The summed E-state index contributed by atoms with van der Waals surface area (Å²) < 4.78 is 2.03. The molecule has 2 aromatic rings. The highest BCUT2D eigenvalue weighted by atomic mass is 16.1. The van der Waals surface area contributed by atoms with Gasteiger partial charge in [0, 0.05) is 24.2 Å². The molecule has 0 bridgehead atoms. The van der Waals surface area contributed by atoms with Crippen molar-refractivity contribution in [1.29, 1.82) is 0 Å². The number of rotatable bonds is 0. The molecule has 2 rings (SSSR count). The Hall–Kier alpha value is -1.57. The zero-order valence-electron chi connectivity index (χ0n) is 10.2. The molecule has 0 aliphatic rings. The van der Waals surface area contributed by atoms with E-state index < -0.39 is 0 Å². The average molecular weight is 215 g/mol. The zero-order valence-corrected chi connectivity index (χ0v) is 10.2. The van der Waals surface area contributed by atoms with Crippen LogP contribution in [-0.2, 0) is 12.5 Å². The van der Waals surface area contributed by atoms with E-state index in [0.29, 0.717) is 0 Å². The molecule has 0 aliphatic carbocycles. The number of nitrogens with zero attached hydrogens (tertiary/aromatic N) is 1. The normalized spacial score (nSPS) is 12.0. The number of hydrogen-bond acceptors (Lipinski definition) is 1. The fourth-order valence-electron chi connectivity index (χ4n) is 1.97. The number of aryl methyl sites for hydroxylation is 1. The first-order chi connectivity index (χ1) is 7.41. The number of para-hydroxylation sites is 1. The van der Waals surface area contributed by atoms with Crippen LogP contribution in [-0.4, -0.2) is 4.57 Å². The van der Waals surface area contributed by atoms with Gasteiger partial charge in [0.25, 0.3) is 0 Å². The maximum atomic E-state index is 12.3. The standard InChI is InChI=1S/C14H17NO/c1-14(2,3)11-9-15(4)12-8-6-5-7-10(12)13(11)16/h5-9H,1-4H3. The molecular weight excluding hydrogens is 198 g/mol. The van der Waals surface area contributed by atoms with Crippen molar-refractivity contribution in [3.8, 4) is 0 Å². The minimum Gasteiger partial charge on any atom is -0.350 e. The van der Waals surface area contributed by atoms with E-state index >= 15 is 0 Å². The third kappa shape index (κ3) is 1.64. The molecule has 1 heterocycles. The summed E-state index contributed by atoms with van der Waals surface area (Å²) in [6, 6.07) is 7.74. The predicted octanol–water partition coefficient (Wildman–Crippen LogP) is 2.84. The molecule has 0 saturated heterocycles. The van der Waals surface area contributed by atoms with Crippen LogP contribution in [0.4, 0.5) is 0 Å². The topological polar surface area (TPSA) is 22.0 Å². The van der Waals surface area contributed by atoms with Gasteiger partial charge < -0.3 is 4.57 Å². The van der Waals surface area contributed by atoms with Crippen molar-refractivity contribution in [3.63, 3.8) is 0 Å². The maximum Gasteiger partial charge on any atom is 0.193 e. The smallest absolute Gasteiger partial charge is 0.193 e. The fraction of sp³-hybridized carbons (Fsp3) is 0.357. The van der Waals surface area contributed by atoms with Gasteiger partial charge >= 0.3 is 0 Å². The number of hydrogen-bond donors (Lipinski definition) is 0. The van der Waals surface area contributed by atoms with Crippen LogP contribution < -0.4 is 5.43 Å². The summed E-state index contributed by atoms with van der Waals surface area (Å²) in [5.41, 5.74) is 1.90. The van der Waals surface area contributed by atoms with E-state index in [1.54, 1.807) is 0 Å². The van der Waals surface area contributed by atoms with Crippen molar-refractivity contribution in [1.82, 2.24) is 4.57 Å². The van der Waals surface area contributed by atoms with Crippen LogP contribution in [0.25, 0.3) is 10.9 Å². The van der Waals surface area contributed by atoms with Gasteiger partial charge in [-0.25, -0.2) is 0 Å². The van der Waals surface area contributed by atoms with Crippen molar-refractivity contribution in [3.05, 3.63) is 46.2 Å². The van der Waals surface area contributed by atoms with E-state index in [2.05, 4.69) is 20.8 Å². The Morgan fingerprint density at radius 1 is 1.12 bits per heavy atom. The van der Waals surface area contributed by atoms with E-state index in [-0.39, 0.29) is 10.8 Å². The summed E-state index contributed by atoms with van der Waals surface area (Å²) in [5, 5.41) is 0.803. The summed E-state index contributed by atoms with van der Waals surface area (Å²) >= 11 is 0. The molecule has 0 saturated carbocycles. The molecule has 0 fully saturated rings. The number of pyridine rings is 1. The molecule has 1 aromatic heterocycles. The second-order valence-corrected chi connectivity index (χ2v) is 5.25. The molecule has 0 amide bonds. The summed E-state index contributed by atoms with van der Waals surface area (Å²) in [6.07, 6.45) is 1.95. The highest BCUT2D eigenvalue weighted by molar-refractivity contribution is 5.79. The van der Waals surface area contributed by atoms with Crippen LogP contribution in [0, 0.1) is 0 Å². The Bertz CT molecular complexity index is 588. The van der Waals surface area contributed by atoms with Crippen molar-refractivity contribution >= 4 is 10.9 Å². The van der Waals surface area contributed by atoms with Gasteiger partial charge in [0.15, 0.2) is 5.43 Å². The summed E-state index contributed by atoms with van der Waals surface area (Å²) in [7, 11) is 1.98. The lowest BCUT2D eigenvalue weighted by Crippen LogP contribution is -2.24. The monoisotopic (exact) mass is 215 g/mol. The van der Waals surface area contributed by atoms with Crippen molar-refractivity contribution in [2.45, 2.75) is 26.2 Å². The van der Waals surface area contributed by atoms with Crippen molar-refractivity contribution in [2.75, 3.05) is 0 Å². The Morgan fingerprint density at radius 2 is 1.75 bits per heavy atom. The van der Waals surface area contributed by atoms with Gasteiger partial charge in [0.1, 0.15) is 0 Å². The molecule has 2 heteroatoms. The minimum absolute atomic E-state index is 0.112. The van der Waals surface area contributed by atoms with Gasteiger partial charge in [-0.05, 0) is 17.5 Å². The van der Waals surface area contributed by atoms with Crippen molar-refractivity contribution in [2.24, 2.45) is 7.05 Å². The van der Waals surface area contributed by atoms with E-state index in [4.69, 9.17) is 0 Å². The highest BCUT2D eigenvalue weighted by Gasteiger charge is 2.19. The lowest BCUT2D eigenvalue weighted by atomic mass is 9.87. The molecule has 2 nitrogen and oxygen atoms in total. The van der Waals surface area contributed by atoms with Crippen LogP contribution >= 0.6 is 0 Å². The van der Waals surface area contributed by atoms with Gasteiger partial charge in [-0.2, -0.15) is 0 Å². The predicted molar refractivity (Wildman–Crippen MR) is 67.9 cm³/mol. The molecule has 0 atom stereocenters. The average Bonchev–Trinajstić information content (AvgIpc) is 2.22. The summed E-state index contributed by atoms with van der Waals surface area (Å²) in [5.74, 6) is 0. The number of fused-ring (bicyclic) bond motifs is 1. The van der Waals surface area contributed by atoms with E-state index in [1.807, 2.05) is 42.1 Å². The van der Waals surface area contributed by atoms with Gasteiger partial charge in [-0.1, -0.05) is 32.9 Å². The van der Waals surface area contributed by atoms with Gasteiger partial charge in [-0.15, -0.1) is 0 Å². The molecular formula is C14H17NO. The molecule has 84 valence electrons. The third-order valence-corrected chi connectivity index (χ3v) is 2.90. The highest BCUT2D eigenvalue weighted by Crippen LogP contribution is 2.21. The third-order valence-electron chi connectivity index (χ3n) is 2.90. The van der Waals surface area contributed by atoms with E-state index in [9.17, 15) is 4.79 Å². The number of benzene rings is 1. The quantitative estimate of drug-likeness (QED) is 0.662. The zero-order chi connectivity index (χ0) is 11.9. The first kappa shape index (κ1) is 10.9. The Morgan fingerprint density at radius 3 is 2.38 bits per heavy atom. The van der Waals surface area contributed by atoms with E-state index in [0.717, 1.165) is 16.5 Å². The molecule has 0 radical (unpaired) electrons. The summed E-state index contributed by atoms with van der Waals surface area (Å²) in [6.45, 7) is 6.20. The second kappa shape index (κ2) is 3.48. The van der Waals surface area contributed by atoms with Crippen LogP contribution in [0.3, 0.4) is 0 Å². The lowest BCUT2D eigenvalue weighted by molar-refractivity contribution is 0.580. The molecule has 0 spiro atoms. The first-order valence-electron chi connectivity index (χ1n) is 5.50. The van der Waals surface area contributed by atoms with Crippen LogP contribution in [0.1, 0.15) is 26.3 Å². The van der Waals surface area contributed by atoms with Crippen LogP contribution in [0.5, 0.6) is 0 Å². The molecule has 0 unspecified atom stereocenters. The number of aromatic nitrogens is 1. The molecule has 0 N–H and O–H groups in total. The second-order valence-electron chi connectivity index (χ2n) is 5.25. The van der Waals surface area contributed by atoms with Crippen LogP contribution in [0.2, 0.25) is 0 Å². The Balaban J connectivity index is 2.92. The fourth-order valence-corrected chi connectivity index (χ4v) is 1.97. The van der Waals surface area contributed by atoms with Gasteiger partial charge in [0.2, 0.25) is 0 Å². The largest absolute Gasteiger partial charge is 0.350 e. The lowest BCUT2D eigenvalue weighted by Gasteiger charge is -2.20.